The summed E-state index contributed by atoms with van der Waals surface area (Å²) >= 11 is 0. The SMILES string of the molecule is O=COCCc1cnco1. The molecule has 0 bridgehead atoms. The van der Waals surface area contributed by atoms with Crippen LogP contribution in [0.2, 0.25) is 0 Å². The van der Waals surface area contributed by atoms with Crippen molar-refractivity contribution >= 4 is 6.47 Å². The van der Waals surface area contributed by atoms with Gasteiger partial charge in [0.15, 0.2) is 6.39 Å². The van der Waals surface area contributed by atoms with Crippen LogP contribution in [-0.4, -0.2) is 18.1 Å². The Kier molecular flexibility index (Phi) is 2.49. The minimum Gasteiger partial charge on any atom is -0.467 e. The average Bonchev–Trinajstić information content (AvgIpc) is 2.41. The summed E-state index contributed by atoms with van der Waals surface area (Å²) in [7, 11) is 0. The Morgan fingerprint density at radius 3 is 3.30 bits per heavy atom. The van der Waals surface area contributed by atoms with Crippen LogP contribution in [0.1, 0.15) is 5.76 Å². The van der Waals surface area contributed by atoms with Gasteiger partial charge < -0.3 is 9.15 Å². The van der Waals surface area contributed by atoms with Gasteiger partial charge in [0.1, 0.15) is 5.76 Å². The molecule has 0 aliphatic carbocycles. The molecular weight excluding hydrogens is 134 g/mol. The molecular formula is C6H7NO3. The third kappa shape index (κ3) is 1.89. The van der Waals surface area contributed by atoms with Crippen LogP contribution < -0.4 is 0 Å². The third-order valence-corrected chi connectivity index (χ3v) is 1.02. The second-order valence-electron chi connectivity index (χ2n) is 1.68. The van der Waals surface area contributed by atoms with Crippen LogP contribution in [0.15, 0.2) is 17.0 Å². The number of hydrogen-bond donors (Lipinski definition) is 0. The summed E-state index contributed by atoms with van der Waals surface area (Å²) in [5.74, 6) is 0.724. The molecule has 1 aromatic heterocycles. The number of ether oxygens (including phenoxy) is 1. The molecule has 54 valence electrons. The molecule has 0 unspecified atom stereocenters. The minimum absolute atomic E-state index is 0.346. The second kappa shape index (κ2) is 3.66. The minimum atomic E-state index is 0.346. The van der Waals surface area contributed by atoms with Gasteiger partial charge in [-0.05, 0) is 0 Å². The molecule has 0 radical (unpaired) electrons. The van der Waals surface area contributed by atoms with Gasteiger partial charge in [-0.3, -0.25) is 4.79 Å². The highest BCUT2D eigenvalue weighted by Crippen LogP contribution is 1.96. The number of aromatic nitrogens is 1. The molecule has 10 heavy (non-hydrogen) atoms. The van der Waals surface area contributed by atoms with Crippen molar-refractivity contribution in [2.45, 2.75) is 6.42 Å². The lowest BCUT2D eigenvalue weighted by molar-refractivity contribution is -0.128. The Morgan fingerprint density at radius 1 is 1.80 bits per heavy atom. The quantitative estimate of drug-likeness (QED) is 0.449. The fraction of sp³-hybridized carbons (Fsp3) is 0.333. The molecule has 4 nitrogen and oxygen atoms in total. The van der Waals surface area contributed by atoms with Gasteiger partial charge in [0, 0.05) is 6.42 Å². The van der Waals surface area contributed by atoms with Crippen LogP contribution in [0.3, 0.4) is 0 Å². The molecule has 4 heteroatoms. The van der Waals surface area contributed by atoms with Gasteiger partial charge in [0.05, 0.1) is 12.8 Å². The molecule has 0 atom stereocenters. The van der Waals surface area contributed by atoms with Gasteiger partial charge in [0.25, 0.3) is 6.47 Å². The van der Waals surface area contributed by atoms with E-state index in [2.05, 4.69) is 9.72 Å². The van der Waals surface area contributed by atoms with Crippen molar-refractivity contribution < 1.29 is 13.9 Å². The predicted molar refractivity (Wildman–Crippen MR) is 32.2 cm³/mol. The molecule has 0 aromatic carbocycles. The highest BCUT2D eigenvalue weighted by Gasteiger charge is 1.94. The number of carbonyl (C=O) groups is 1. The molecule has 0 fully saturated rings. The van der Waals surface area contributed by atoms with Gasteiger partial charge in [0.2, 0.25) is 0 Å². The maximum absolute atomic E-state index is 9.66. The normalized spacial score (nSPS) is 9.20. The van der Waals surface area contributed by atoms with E-state index < -0.39 is 0 Å². The van der Waals surface area contributed by atoms with E-state index in [1.165, 1.54) is 6.39 Å². The number of carbonyl (C=O) groups excluding carboxylic acids is 1. The van der Waals surface area contributed by atoms with Crippen molar-refractivity contribution in [1.82, 2.24) is 4.98 Å². The summed E-state index contributed by atoms with van der Waals surface area (Å²) in [6, 6.07) is 0. The fourth-order valence-corrected chi connectivity index (χ4v) is 0.573. The van der Waals surface area contributed by atoms with Gasteiger partial charge in [-0.15, -0.1) is 0 Å². The summed E-state index contributed by atoms with van der Waals surface area (Å²) in [4.78, 5) is 13.4. The van der Waals surface area contributed by atoms with Crippen molar-refractivity contribution in [3.8, 4) is 0 Å². The first-order valence-corrected chi connectivity index (χ1v) is 2.86. The Morgan fingerprint density at radius 2 is 2.70 bits per heavy atom. The molecule has 0 saturated heterocycles. The highest BCUT2D eigenvalue weighted by molar-refractivity contribution is 5.36. The van der Waals surface area contributed by atoms with E-state index in [0.29, 0.717) is 19.5 Å². The highest BCUT2D eigenvalue weighted by atomic mass is 16.5. The first kappa shape index (κ1) is 6.80. The van der Waals surface area contributed by atoms with Crippen LogP contribution in [0.5, 0.6) is 0 Å². The maximum Gasteiger partial charge on any atom is 0.293 e. The van der Waals surface area contributed by atoms with Gasteiger partial charge in [-0.1, -0.05) is 0 Å². The summed E-state index contributed by atoms with van der Waals surface area (Å²) in [6.07, 6.45) is 3.52. The van der Waals surface area contributed by atoms with Crippen molar-refractivity contribution in [2.24, 2.45) is 0 Å². The van der Waals surface area contributed by atoms with E-state index in [0.717, 1.165) is 5.76 Å². The third-order valence-electron chi connectivity index (χ3n) is 1.02. The predicted octanol–water partition coefficient (Wildman–Crippen LogP) is 0.390. The van der Waals surface area contributed by atoms with Crippen LogP contribution >= 0.6 is 0 Å². The van der Waals surface area contributed by atoms with Crippen LogP contribution in [0.25, 0.3) is 0 Å². The Balaban J connectivity index is 2.21. The first-order chi connectivity index (χ1) is 4.93. The van der Waals surface area contributed by atoms with Gasteiger partial charge >= 0.3 is 0 Å². The number of nitrogens with zero attached hydrogens (tertiary/aromatic N) is 1. The van der Waals surface area contributed by atoms with E-state index in [-0.39, 0.29) is 0 Å². The van der Waals surface area contributed by atoms with Crippen LogP contribution in [0, 0.1) is 0 Å². The molecule has 1 heterocycles. The largest absolute Gasteiger partial charge is 0.467 e. The summed E-state index contributed by atoms with van der Waals surface area (Å²) in [6.45, 7) is 0.759. The molecule has 0 aliphatic rings. The van der Waals surface area contributed by atoms with E-state index >= 15 is 0 Å². The standard InChI is InChI=1S/C6H7NO3/c8-5-9-2-1-6-3-7-4-10-6/h3-5H,1-2H2. The molecule has 1 rings (SSSR count). The Bertz CT molecular complexity index is 183. The molecule has 0 spiro atoms. The molecule has 0 saturated carbocycles. The zero-order chi connectivity index (χ0) is 7.23. The van der Waals surface area contributed by atoms with Crippen LogP contribution in [-0.2, 0) is 16.0 Å². The Labute approximate surface area is 57.8 Å². The lowest BCUT2D eigenvalue weighted by atomic mass is 10.4. The van der Waals surface area contributed by atoms with E-state index in [1.807, 2.05) is 0 Å². The molecule has 0 N–H and O–H groups in total. The smallest absolute Gasteiger partial charge is 0.293 e. The van der Waals surface area contributed by atoms with E-state index in [1.54, 1.807) is 6.20 Å². The number of hydrogen-bond acceptors (Lipinski definition) is 4. The second-order valence-corrected chi connectivity index (χ2v) is 1.68. The van der Waals surface area contributed by atoms with Gasteiger partial charge in [-0.25, -0.2) is 4.98 Å². The van der Waals surface area contributed by atoms with E-state index in [9.17, 15) is 4.79 Å². The topological polar surface area (TPSA) is 52.3 Å². The maximum atomic E-state index is 9.66. The monoisotopic (exact) mass is 141 g/mol. The number of oxazole rings is 1. The first-order valence-electron chi connectivity index (χ1n) is 2.86. The molecule has 0 amide bonds. The van der Waals surface area contributed by atoms with Gasteiger partial charge in [-0.2, -0.15) is 0 Å². The zero-order valence-electron chi connectivity index (χ0n) is 5.32. The fourth-order valence-electron chi connectivity index (χ4n) is 0.573. The lowest BCUT2D eigenvalue weighted by Gasteiger charge is -1.92. The average molecular weight is 141 g/mol. The molecule has 1 aromatic rings. The van der Waals surface area contributed by atoms with Crippen molar-refractivity contribution in [3.05, 3.63) is 18.4 Å². The van der Waals surface area contributed by atoms with Crippen molar-refractivity contribution in [2.75, 3.05) is 6.61 Å². The molecule has 0 aliphatic heterocycles. The summed E-state index contributed by atoms with van der Waals surface area (Å²) in [5.41, 5.74) is 0. The lowest BCUT2D eigenvalue weighted by Crippen LogP contribution is -1.94. The van der Waals surface area contributed by atoms with Crippen molar-refractivity contribution in [1.29, 1.82) is 0 Å². The van der Waals surface area contributed by atoms with Crippen LogP contribution in [0.4, 0.5) is 0 Å². The van der Waals surface area contributed by atoms with Crippen molar-refractivity contribution in [3.63, 3.8) is 0 Å². The zero-order valence-corrected chi connectivity index (χ0v) is 5.32. The number of rotatable bonds is 4. The van der Waals surface area contributed by atoms with E-state index in [4.69, 9.17) is 4.42 Å². The Hall–Kier alpha value is -1.32. The summed E-state index contributed by atoms with van der Waals surface area (Å²) in [5, 5.41) is 0. The summed E-state index contributed by atoms with van der Waals surface area (Å²) < 4.78 is 9.31.